The standard InChI is InChI=1S/C10H22N2O/c1-7(6-13)9(3)10-5-11-8(2)4-12-10/h7-13H,4-6H2,1-3H3. The maximum Gasteiger partial charge on any atom is 0.0459 e. The fourth-order valence-corrected chi connectivity index (χ4v) is 1.74. The van der Waals surface area contributed by atoms with Crippen LogP contribution in [-0.2, 0) is 0 Å². The van der Waals surface area contributed by atoms with Crippen LogP contribution in [0.4, 0.5) is 0 Å². The van der Waals surface area contributed by atoms with Gasteiger partial charge in [0.1, 0.15) is 0 Å². The summed E-state index contributed by atoms with van der Waals surface area (Å²) in [4.78, 5) is 0. The molecule has 0 aromatic rings. The third-order valence-electron chi connectivity index (χ3n) is 3.19. The van der Waals surface area contributed by atoms with E-state index in [9.17, 15) is 0 Å². The van der Waals surface area contributed by atoms with Crippen LogP contribution in [0.2, 0.25) is 0 Å². The number of aliphatic hydroxyl groups is 1. The predicted octanol–water partition coefficient (Wildman–Crippen LogP) is 0.201. The van der Waals surface area contributed by atoms with Crippen molar-refractivity contribution in [2.45, 2.75) is 32.9 Å². The second-order valence-electron chi connectivity index (χ2n) is 4.34. The van der Waals surface area contributed by atoms with Gasteiger partial charge in [0, 0.05) is 31.8 Å². The molecule has 0 saturated carbocycles. The largest absolute Gasteiger partial charge is 0.396 e. The zero-order valence-electron chi connectivity index (χ0n) is 8.88. The van der Waals surface area contributed by atoms with E-state index in [-0.39, 0.29) is 6.61 Å². The van der Waals surface area contributed by atoms with Gasteiger partial charge < -0.3 is 15.7 Å². The van der Waals surface area contributed by atoms with Gasteiger partial charge in [0.2, 0.25) is 0 Å². The van der Waals surface area contributed by atoms with E-state index in [0.717, 1.165) is 13.1 Å². The fourth-order valence-electron chi connectivity index (χ4n) is 1.74. The van der Waals surface area contributed by atoms with Gasteiger partial charge in [-0.2, -0.15) is 0 Å². The molecular weight excluding hydrogens is 164 g/mol. The normalized spacial score (nSPS) is 34.2. The first kappa shape index (κ1) is 11.0. The molecule has 0 bridgehead atoms. The van der Waals surface area contributed by atoms with Crippen LogP contribution in [0, 0.1) is 11.8 Å². The Labute approximate surface area is 80.9 Å². The summed E-state index contributed by atoms with van der Waals surface area (Å²) in [5.41, 5.74) is 0. The smallest absolute Gasteiger partial charge is 0.0459 e. The van der Waals surface area contributed by atoms with Gasteiger partial charge in [-0.05, 0) is 18.8 Å². The molecule has 3 N–H and O–H groups in total. The lowest BCUT2D eigenvalue weighted by Gasteiger charge is -2.35. The van der Waals surface area contributed by atoms with E-state index in [4.69, 9.17) is 5.11 Å². The van der Waals surface area contributed by atoms with Crippen molar-refractivity contribution in [3.63, 3.8) is 0 Å². The van der Waals surface area contributed by atoms with Crippen LogP contribution in [0.5, 0.6) is 0 Å². The first-order valence-corrected chi connectivity index (χ1v) is 5.22. The van der Waals surface area contributed by atoms with Gasteiger partial charge in [-0.1, -0.05) is 13.8 Å². The van der Waals surface area contributed by atoms with Crippen LogP contribution in [0.3, 0.4) is 0 Å². The van der Waals surface area contributed by atoms with E-state index < -0.39 is 0 Å². The molecule has 3 heteroatoms. The molecule has 1 heterocycles. The summed E-state index contributed by atoms with van der Waals surface area (Å²) in [5, 5.41) is 16.0. The average molecular weight is 186 g/mol. The second kappa shape index (κ2) is 4.94. The lowest BCUT2D eigenvalue weighted by Crippen LogP contribution is -2.56. The molecular formula is C10H22N2O. The van der Waals surface area contributed by atoms with Gasteiger partial charge in [-0.3, -0.25) is 0 Å². The zero-order chi connectivity index (χ0) is 9.84. The molecule has 0 amide bonds. The van der Waals surface area contributed by atoms with Gasteiger partial charge in [-0.25, -0.2) is 0 Å². The second-order valence-corrected chi connectivity index (χ2v) is 4.34. The number of aliphatic hydroxyl groups excluding tert-OH is 1. The minimum absolute atomic E-state index is 0.287. The number of nitrogens with one attached hydrogen (secondary N) is 2. The van der Waals surface area contributed by atoms with Crippen LogP contribution in [0.15, 0.2) is 0 Å². The average Bonchev–Trinajstić information content (AvgIpc) is 2.17. The van der Waals surface area contributed by atoms with Crippen molar-refractivity contribution >= 4 is 0 Å². The lowest BCUT2D eigenvalue weighted by molar-refractivity contribution is 0.158. The van der Waals surface area contributed by atoms with Crippen molar-refractivity contribution < 1.29 is 5.11 Å². The molecule has 1 rings (SSSR count). The van der Waals surface area contributed by atoms with Crippen LogP contribution in [0.25, 0.3) is 0 Å². The fraction of sp³-hybridized carbons (Fsp3) is 1.00. The summed E-state index contributed by atoms with van der Waals surface area (Å²) in [5.74, 6) is 0.915. The first-order valence-electron chi connectivity index (χ1n) is 5.22. The van der Waals surface area contributed by atoms with Crippen LogP contribution in [0.1, 0.15) is 20.8 Å². The predicted molar refractivity (Wildman–Crippen MR) is 54.7 cm³/mol. The van der Waals surface area contributed by atoms with Crippen molar-refractivity contribution in [1.29, 1.82) is 0 Å². The molecule has 0 aromatic carbocycles. The Balaban J connectivity index is 2.35. The Hall–Kier alpha value is -0.120. The van der Waals surface area contributed by atoms with Crippen LogP contribution in [-0.4, -0.2) is 36.9 Å². The van der Waals surface area contributed by atoms with Gasteiger partial charge in [0.05, 0.1) is 0 Å². The van der Waals surface area contributed by atoms with Gasteiger partial charge in [0.25, 0.3) is 0 Å². The SMILES string of the molecule is CC1CNC(C(C)C(C)CO)CN1. The molecule has 3 nitrogen and oxygen atoms in total. The molecule has 0 aromatic heterocycles. The Morgan fingerprint density at radius 3 is 2.46 bits per heavy atom. The maximum absolute atomic E-state index is 9.04. The van der Waals surface area contributed by atoms with Crippen molar-refractivity contribution in [3.8, 4) is 0 Å². The van der Waals surface area contributed by atoms with E-state index in [2.05, 4.69) is 31.4 Å². The number of piperazine rings is 1. The highest BCUT2D eigenvalue weighted by Gasteiger charge is 2.25. The summed E-state index contributed by atoms with van der Waals surface area (Å²) in [6.45, 7) is 8.83. The van der Waals surface area contributed by atoms with E-state index in [1.54, 1.807) is 0 Å². The summed E-state index contributed by atoms with van der Waals surface area (Å²) < 4.78 is 0. The van der Waals surface area contributed by atoms with Gasteiger partial charge in [-0.15, -0.1) is 0 Å². The highest BCUT2D eigenvalue weighted by Crippen LogP contribution is 2.15. The topological polar surface area (TPSA) is 44.3 Å². The van der Waals surface area contributed by atoms with Crippen LogP contribution < -0.4 is 10.6 Å². The quantitative estimate of drug-likeness (QED) is 0.590. The molecule has 0 spiro atoms. The van der Waals surface area contributed by atoms with E-state index in [1.165, 1.54) is 0 Å². The Kier molecular flexibility index (Phi) is 4.16. The molecule has 1 saturated heterocycles. The van der Waals surface area contributed by atoms with E-state index in [0.29, 0.717) is 23.9 Å². The van der Waals surface area contributed by atoms with E-state index in [1.807, 2.05) is 0 Å². The monoisotopic (exact) mass is 186 g/mol. The molecule has 1 aliphatic heterocycles. The number of hydrogen-bond acceptors (Lipinski definition) is 3. The lowest BCUT2D eigenvalue weighted by atomic mass is 9.88. The molecule has 1 aliphatic rings. The summed E-state index contributed by atoms with van der Waals surface area (Å²) in [7, 11) is 0. The minimum atomic E-state index is 0.287. The van der Waals surface area contributed by atoms with Gasteiger partial charge >= 0.3 is 0 Å². The minimum Gasteiger partial charge on any atom is -0.396 e. The Bertz CT molecular complexity index is 144. The van der Waals surface area contributed by atoms with Gasteiger partial charge in [0.15, 0.2) is 0 Å². The molecule has 0 radical (unpaired) electrons. The maximum atomic E-state index is 9.04. The highest BCUT2D eigenvalue weighted by molar-refractivity contribution is 4.85. The number of rotatable bonds is 3. The zero-order valence-corrected chi connectivity index (χ0v) is 8.88. The molecule has 13 heavy (non-hydrogen) atoms. The summed E-state index contributed by atoms with van der Waals surface area (Å²) in [6.07, 6.45) is 0. The van der Waals surface area contributed by atoms with Crippen molar-refractivity contribution in [2.75, 3.05) is 19.7 Å². The van der Waals surface area contributed by atoms with E-state index >= 15 is 0 Å². The molecule has 4 unspecified atom stereocenters. The Morgan fingerprint density at radius 2 is 2.00 bits per heavy atom. The molecule has 78 valence electrons. The number of hydrogen-bond donors (Lipinski definition) is 3. The summed E-state index contributed by atoms with van der Waals surface area (Å²) in [6, 6.07) is 1.09. The summed E-state index contributed by atoms with van der Waals surface area (Å²) >= 11 is 0. The van der Waals surface area contributed by atoms with Crippen molar-refractivity contribution in [2.24, 2.45) is 11.8 Å². The molecule has 1 fully saturated rings. The van der Waals surface area contributed by atoms with Crippen molar-refractivity contribution in [3.05, 3.63) is 0 Å². The van der Waals surface area contributed by atoms with Crippen LogP contribution >= 0.6 is 0 Å². The third kappa shape index (κ3) is 2.93. The molecule has 0 aliphatic carbocycles. The third-order valence-corrected chi connectivity index (χ3v) is 3.19. The first-order chi connectivity index (χ1) is 6.15. The molecule has 4 atom stereocenters. The Morgan fingerprint density at radius 1 is 1.31 bits per heavy atom. The highest BCUT2D eigenvalue weighted by atomic mass is 16.3. The van der Waals surface area contributed by atoms with Crippen molar-refractivity contribution in [1.82, 2.24) is 10.6 Å².